The molecule has 1 aliphatic rings. The first-order valence-electron chi connectivity index (χ1n) is 7.94. The molecule has 0 bridgehead atoms. The van der Waals surface area contributed by atoms with Crippen molar-refractivity contribution in [2.75, 3.05) is 27.9 Å². The van der Waals surface area contributed by atoms with Crippen LogP contribution in [0.5, 0.6) is 17.2 Å². The minimum absolute atomic E-state index is 0.200. The van der Waals surface area contributed by atoms with E-state index in [4.69, 9.17) is 14.2 Å². The summed E-state index contributed by atoms with van der Waals surface area (Å²) in [5.74, 6) is 1.72. The molecule has 0 unspecified atom stereocenters. The largest absolute Gasteiger partial charge is 0.493 e. The van der Waals surface area contributed by atoms with Crippen LogP contribution in [0.1, 0.15) is 23.6 Å². The third-order valence-corrected chi connectivity index (χ3v) is 4.50. The van der Waals surface area contributed by atoms with E-state index in [1.165, 1.54) is 12.1 Å². The maximum Gasteiger partial charge on any atom is 0.203 e. The van der Waals surface area contributed by atoms with Gasteiger partial charge in [-0.25, -0.2) is 4.39 Å². The zero-order chi connectivity index (χ0) is 17.1. The van der Waals surface area contributed by atoms with E-state index in [-0.39, 0.29) is 5.82 Å². The highest BCUT2D eigenvalue weighted by atomic mass is 19.1. The third kappa shape index (κ3) is 3.17. The number of methoxy groups -OCH3 is 3. The van der Waals surface area contributed by atoms with Crippen molar-refractivity contribution in [1.29, 1.82) is 0 Å². The van der Waals surface area contributed by atoms with Crippen molar-refractivity contribution in [2.24, 2.45) is 0 Å². The van der Waals surface area contributed by atoms with E-state index in [1.807, 2.05) is 24.3 Å². The summed E-state index contributed by atoms with van der Waals surface area (Å²) in [5, 5.41) is 0. The molecule has 24 heavy (non-hydrogen) atoms. The van der Waals surface area contributed by atoms with Gasteiger partial charge < -0.3 is 14.2 Å². The summed E-state index contributed by atoms with van der Waals surface area (Å²) in [7, 11) is 4.83. The number of nitrogens with zero attached hydrogens (tertiary/aromatic N) is 1. The zero-order valence-corrected chi connectivity index (χ0v) is 14.2. The Morgan fingerprint density at radius 1 is 1.00 bits per heavy atom. The van der Waals surface area contributed by atoms with E-state index >= 15 is 0 Å². The number of halogens is 1. The minimum atomic E-state index is -0.200. The lowest BCUT2D eigenvalue weighted by Gasteiger charge is -2.41. The molecule has 2 aromatic rings. The summed E-state index contributed by atoms with van der Waals surface area (Å²) in [6.07, 6.45) is 1.08. The second kappa shape index (κ2) is 7.09. The van der Waals surface area contributed by atoms with E-state index in [2.05, 4.69) is 4.90 Å². The second-order valence-corrected chi connectivity index (χ2v) is 5.86. The highest BCUT2D eigenvalue weighted by molar-refractivity contribution is 5.53. The summed E-state index contributed by atoms with van der Waals surface area (Å²) in [6, 6.07) is 11.0. The fraction of sp³-hybridized carbons (Fsp3) is 0.368. The van der Waals surface area contributed by atoms with Gasteiger partial charge in [-0.15, -0.1) is 0 Å². The fourth-order valence-corrected chi connectivity index (χ4v) is 3.15. The average Bonchev–Trinajstić information content (AvgIpc) is 2.59. The number of rotatable bonds is 6. The molecule has 1 saturated heterocycles. The van der Waals surface area contributed by atoms with E-state index < -0.39 is 0 Å². The van der Waals surface area contributed by atoms with Gasteiger partial charge in [-0.05, 0) is 41.8 Å². The van der Waals surface area contributed by atoms with Gasteiger partial charge in [-0.1, -0.05) is 12.1 Å². The lowest BCUT2D eigenvalue weighted by molar-refractivity contribution is 0.0816. The number of benzene rings is 2. The summed E-state index contributed by atoms with van der Waals surface area (Å²) in [5.41, 5.74) is 2.24. The molecule has 128 valence electrons. The smallest absolute Gasteiger partial charge is 0.203 e. The SMILES string of the molecule is COc1cc(CN2CC[C@H]2c2ccc(F)cc2)cc(OC)c1OC. The van der Waals surface area contributed by atoms with Gasteiger partial charge in [-0.3, -0.25) is 4.90 Å². The van der Waals surface area contributed by atoms with Crippen molar-refractivity contribution >= 4 is 0 Å². The molecule has 3 rings (SSSR count). The van der Waals surface area contributed by atoms with Crippen LogP contribution < -0.4 is 14.2 Å². The first-order valence-corrected chi connectivity index (χ1v) is 7.94. The molecule has 0 N–H and O–H groups in total. The van der Waals surface area contributed by atoms with E-state index in [0.29, 0.717) is 23.3 Å². The van der Waals surface area contributed by atoms with Crippen molar-refractivity contribution in [3.05, 3.63) is 53.3 Å². The van der Waals surface area contributed by atoms with Crippen LogP contribution in [0.3, 0.4) is 0 Å². The molecule has 0 amide bonds. The van der Waals surface area contributed by atoms with Crippen LogP contribution in [0.4, 0.5) is 4.39 Å². The Balaban J connectivity index is 1.79. The number of hydrogen-bond donors (Lipinski definition) is 0. The van der Waals surface area contributed by atoms with Gasteiger partial charge in [-0.2, -0.15) is 0 Å². The van der Waals surface area contributed by atoms with Gasteiger partial charge in [0.15, 0.2) is 11.5 Å². The van der Waals surface area contributed by atoms with Crippen LogP contribution in [-0.2, 0) is 6.54 Å². The topological polar surface area (TPSA) is 30.9 Å². The monoisotopic (exact) mass is 331 g/mol. The van der Waals surface area contributed by atoms with E-state index in [9.17, 15) is 4.39 Å². The Morgan fingerprint density at radius 3 is 2.08 bits per heavy atom. The molecule has 1 atom stereocenters. The molecule has 5 heteroatoms. The van der Waals surface area contributed by atoms with Gasteiger partial charge in [0.25, 0.3) is 0 Å². The predicted octanol–water partition coefficient (Wildman–Crippen LogP) is 3.80. The highest BCUT2D eigenvalue weighted by Crippen LogP contribution is 2.40. The second-order valence-electron chi connectivity index (χ2n) is 5.86. The first-order chi connectivity index (χ1) is 11.7. The Labute approximate surface area is 141 Å². The Kier molecular flexibility index (Phi) is 4.90. The Bertz CT molecular complexity index is 677. The van der Waals surface area contributed by atoms with E-state index in [0.717, 1.165) is 30.6 Å². The normalized spacial score (nSPS) is 17.2. The van der Waals surface area contributed by atoms with Crippen LogP contribution in [0.2, 0.25) is 0 Å². The quantitative estimate of drug-likeness (QED) is 0.806. The van der Waals surface area contributed by atoms with Gasteiger partial charge >= 0.3 is 0 Å². The van der Waals surface area contributed by atoms with Crippen LogP contribution in [0, 0.1) is 5.82 Å². The summed E-state index contributed by atoms with van der Waals surface area (Å²) >= 11 is 0. The van der Waals surface area contributed by atoms with Crippen LogP contribution in [0.15, 0.2) is 36.4 Å². The predicted molar refractivity (Wildman–Crippen MR) is 90.3 cm³/mol. The van der Waals surface area contributed by atoms with Crippen LogP contribution >= 0.6 is 0 Å². The molecule has 0 spiro atoms. The van der Waals surface area contributed by atoms with Gasteiger partial charge in [0, 0.05) is 19.1 Å². The number of ether oxygens (including phenoxy) is 3. The van der Waals surface area contributed by atoms with E-state index in [1.54, 1.807) is 21.3 Å². The van der Waals surface area contributed by atoms with Crippen molar-refractivity contribution in [3.8, 4) is 17.2 Å². The molecule has 4 nitrogen and oxygen atoms in total. The molecular formula is C19H22FNO3. The molecule has 0 aliphatic carbocycles. The lowest BCUT2D eigenvalue weighted by atomic mass is 9.94. The van der Waals surface area contributed by atoms with Crippen molar-refractivity contribution in [1.82, 2.24) is 4.90 Å². The summed E-state index contributed by atoms with van der Waals surface area (Å²) < 4.78 is 29.3. The summed E-state index contributed by atoms with van der Waals surface area (Å²) in [4.78, 5) is 2.36. The molecular weight excluding hydrogens is 309 g/mol. The first kappa shape index (κ1) is 16.6. The van der Waals surface area contributed by atoms with Crippen molar-refractivity contribution < 1.29 is 18.6 Å². The molecule has 2 aromatic carbocycles. The molecule has 0 aromatic heterocycles. The van der Waals surface area contributed by atoms with Crippen LogP contribution in [0.25, 0.3) is 0 Å². The zero-order valence-electron chi connectivity index (χ0n) is 14.2. The highest BCUT2D eigenvalue weighted by Gasteiger charge is 2.29. The third-order valence-electron chi connectivity index (χ3n) is 4.50. The minimum Gasteiger partial charge on any atom is -0.493 e. The maximum atomic E-state index is 13.1. The average molecular weight is 331 g/mol. The van der Waals surface area contributed by atoms with Crippen molar-refractivity contribution in [3.63, 3.8) is 0 Å². The standard InChI is InChI=1S/C19H22FNO3/c1-22-17-10-13(11-18(23-2)19(17)24-3)12-21-9-8-16(21)14-4-6-15(20)7-5-14/h4-7,10-11,16H,8-9,12H2,1-3H3/t16-/m0/s1. The lowest BCUT2D eigenvalue weighted by Crippen LogP contribution is -2.40. The Hall–Kier alpha value is -2.27. The number of hydrogen-bond acceptors (Lipinski definition) is 4. The summed E-state index contributed by atoms with van der Waals surface area (Å²) in [6.45, 7) is 1.79. The molecule has 0 saturated carbocycles. The van der Waals surface area contributed by atoms with Gasteiger partial charge in [0.05, 0.1) is 21.3 Å². The maximum absolute atomic E-state index is 13.1. The van der Waals surface area contributed by atoms with Gasteiger partial charge in [0.1, 0.15) is 5.82 Å². The Morgan fingerprint density at radius 2 is 1.62 bits per heavy atom. The van der Waals surface area contributed by atoms with Gasteiger partial charge in [0.2, 0.25) is 5.75 Å². The van der Waals surface area contributed by atoms with Crippen LogP contribution in [-0.4, -0.2) is 32.8 Å². The number of likely N-dealkylation sites (tertiary alicyclic amines) is 1. The fourth-order valence-electron chi connectivity index (χ4n) is 3.15. The molecule has 1 aliphatic heterocycles. The van der Waals surface area contributed by atoms with Crippen molar-refractivity contribution in [2.45, 2.75) is 19.0 Å². The molecule has 0 radical (unpaired) electrons. The molecule has 1 fully saturated rings. The molecule has 1 heterocycles.